The van der Waals surface area contributed by atoms with Crippen LogP contribution in [0.5, 0.6) is 0 Å². The number of H-pyrrole nitrogens is 1. The molecular formula is C13H17N3O3. The van der Waals surface area contributed by atoms with E-state index in [9.17, 15) is 14.4 Å². The number of carbonyl (C=O) groups is 2. The van der Waals surface area contributed by atoms with Crippen LogP contribution in [0.25, 0.3) is 0 Å². The Balaban J connectivity index is 2.13. The van der Waals surface area contributed by atoms with Gasteiger partial charge in [0.05, 0.1) is 6.67 Å². The first-order valence-electron chi connectivity index (χ1n) is 6.30. The third kappa shape index (κ3) is 2.67. The van der Waals surface area contributed by atoms with Gasteiger partial charge in [0, 0.05) is 25.2 Å². The lowest BCUT2D eigenvalue weighted by molar-refractivity contribution is -0.130. The van der Waals surface area contributed by atoms with E-state index in [0.29, 0.717) is 25.2 Å². The summed E-state index contributed by atoms with van der Waals surface area (Å²) in [5.41, 5.74) is 0.451. The van der Waals surface area contributed by atoms with Gasteiger partial charge in [0.15, 0.2) is 0 Å². The van der Waals surface area contributed by atoms with Gasteiger partial charge in [-0.15, -0.1) is 0 Å². The summed E-state index contributed by atoms with van der Waals surface area (Å²) in [6, 6.07) is 3.22. The lowest BCUT2D eigenvalue weighted by atomic mass is 10.2. The number of amides is 2. The Kier molecular flexibility index (Phi) is 3.69. The number of hydrogen-bond acceptors (Lipinski definition) is 3. The molecule has 2 amide bonds. The van der Waals surface area contributed by atoms with Crippen molar-refractivity contribution in [1.29, 1.82) is 0 Å². The van der Waals surface area contributed by atoms with Crippen molar-refractivity contribution in [3.05, 3.63) is 33.7 Å². The summed E-state index contributed by atoms with van der Waals surface area (Å²) in [6.07, 6.45) is 0.424. The van der Waals surface area contributed by atoms with Gasteiger partial charge in [0.1, 0.15) is 5.56 Å². The molecule has 6 nitrogen and oxygen atoms in total. The second kappa shape index (κ2) is 5.26. The van der Waals surface area contributed by atoms with Gasteiger partial charge in [-0.3, -0.25) is 14.4 Å². The van der Waals surface area contributed by atoms with Crippen LogP contribution in [0, 0.1) is 6.92 Å². The van der Waals surface area contributed by atoms with Crippen molar-refractivity contribution >= 4 is 11.8 Å². The fraction of sp³-hybridized carbons (Fsp3) is 0.462. The molecule has 0 unspecified atom stereocenters. The second-order valence-corrected chi connectivity index (χ2v) is 4.60. The van der Waals surface area contributed by atoms with E-state index >= 15 is 0 Å². The Morgan fingerprint density at radius 2 is 1.95 bits per heavy atom. The molecule has 1 N–H and O–H groups in total. The van der Waals surface area contributed by atoms with Gasteiger partial charge < -0.3 is 14.8 Å². The highest BCUT2D eigenvalue weighted by molar-refractivity contribution is 5.94. The van der Waals surface area contributed by atoms with Crippen molar-refractivity contribution in [2.45, 2.75) is 20.3 Å². The van der Waals surface area contributed by atoms with E-state index < -0.39 is 0 Å². The molecule has 0 radical (unpaired) electrons. The number of nitrogens with zero attached hydrogens (tertiary/aromatic N) is 2. The summed E-state index contributed by atoms with van der Waals surface area (Å²) >= 11 is 0. The summed E-state index contributed by atoms with van der Waals surface area (Å²) < 4.78 is 0. The van der Waals surface area contributed by atoms with Gasteiger partial charge in [-0.25, -0.2) is 0 Å². The zero-order chi connectivity index (χ0) is 14.0. The number of aromatic amines is 1. The molecule has 6 heteroatoms. The third-order valence-electron chi connectivity index (χ3n) is 3.21. The van der Waals surface area contributed by atoms with Gasteiger partial charge in [0.2, 0.25) is 5.91 Å². The SMILES string of the molecule is CCC(=O)N1CCN(C(=O)c2ccc(C)[nH]c2=O)C1. The molecule has 0 saturated carbocycles. The van der Waals surface area contributed by atoms with Crippen molar-refractivity contribution in [2.75, 3.05) is 19.8 Å². The Morgan fingerprint density at radius 1 is 1.26 bits per heavy atom. The Morgan fingerprint density at radius 3 is 2.58 bits per heavy atom. The zero-order valence-electron chi connectivity index (χ0n) is 11.1. The minimum absolute atomic E-state index is 0.0214. The van der Waals surface area contributed by atoms with Crippen LogP contribution in [0.4, 0.5) is 0 Å². The first kappa shape index (κ1) is 13.3. The molecule has 0 bridgehead atoms. The third-order valence-corrected chi connectivity index (χ3v) is 3.21. The van der Waals surface area contributed by atoms with Crippen LogP contribution in [-0.4, -0.2) is 46.4 Å². The molecule has 1 aromatic rings. The summed E-state index contributed by atoms with van der Waals surface area (Å²) in [7, 11) is 0. The molecule has 19 heavy (non-hydrogen) atoms. The maximum Gasteiger partial charge on any atom is 0.260 e. The van der Waals surface area contributed by atoms with Gasteiger partial charge >= 0.3 is 0 Å². The monoisotopic (exact) mass is 263 g/mol. The van der Waals surface area contributed by atoms with Gasteiger partial charge in [-0.05, 0) is 19.1 Å². The minimum atomic E-state index is -0.384. The second-order valence-electron chi connectivity index (χ2n) is 4.60. The minimum Gasteiger partial charge on any atom is -0.326 e. The number of hydrogen-bond donors (Lipinski definition) is 1. The number of carbonyl (C=O) groups excluding carboxylic acids is 2. The van der Waals surface area contributed by atoms with E-state index in [1.54, 1.807) is 24.8 Å². The summed E-state index contributed by atoms with van der Waals surface area (Å²) in [6.45, 7) is 4.81. The van der Waals surface area contributed by atoms with Gasteiger partial charge in [-0.1, -0.05) is 6.92 Å². The van der Waals surface area contributed by atoms with Crippen molar-refractivity contribution in [3.63, 3.8) is 0 Å². The molecule has 0 spiro atoms. The molecule has 0 aromatic carbocycles. The molecule has 0 atom stereocenters. The fourth-order valence-electron chi connectivity index (χ4n) is 2.09. The molecule has 1 aromatic heterocycles. The van der Waals surface area contributed by atoms with Crippen LogP contribution in [0.1, 0.15) is 29.4 Å². The predicted molar refractivity (Wildman–Crippen MR) is 69.7 cm³/mol. The lowest BCUT2D eigenvalue weighted by Gasteiger charge is -2.17. The quantitative estimate of drug-likeness (QED) is 0.836. The molecule has 2 heterocycles. The maximum absolute atomic E-state index is 12.2. The Bertz CT molecular complexity index is 564. The highest BCUT2D eigenvalue weighted by atomic mass is 16.2. The average Bonchev–Trinajstić information content (AvgIpc) is 2.86. The molecule has 102 valence electrons. The number of pyridine rings is 1. The molecule has 1 saturated heterocycles. The van der Waals surface area contributed by atoms with Crippen LogP contribution >= 0.6 is 0 Å². The lowest BCUT2D eigenvalue weighted by Crippen LogP contribution is -2.36. The van der Waals surface area contributed by atoms with E-state index in [1.165, 1.54) is 11.0 Å². The van der Waals surface area contributed by atoms with Crippen LogP contribution < -0.4 is 5.56 Å². The van der Waals surface area contributed by atoms with Gasteiger partial charge in [0.25, 0.3) is 11.5 Å². The van der Waals surface area contributed by atoms with E-state index in [2.05, 4.69) is 4.98 Å². The summed E-state index contributed by atoms with van der Waals surface area (Å²) in [5, 5.41) is 0. The zero-order valence-corrected chi connectivity index (χ0v) is 11.1. The largest absolute Gasteiger partial charge is 0.326 e. The molecular weight excluding hydrogens is 246 g/mol. The van der Waals surface area contributed by atoms with Crippen LogP contribution in [0.3, 0.4) is 0 Å². The van der Waals surface area contributed by atoms with E-state index in [4.69, 9.17) is 0 Å². The van der Waals surface area contributed by atoms with Crippen LogP contribution in [0.15, 0.2) is 16.9 Å². The maximum atomic E-state index is 12.2. The van der Waals surface area contributed by atoms with Crippen molar-refractivity contribution in [2.24, 2.45) is 0 Å². The first-order valence-corrected chi connectivity index (χ1v) is 6.30. The molecule has 1 aliphatic rings. The summed E-state index contributed by atoms with van der Waals surface area (Å²) in [5.74, 6) is -0.305. The number of rotatable bonds is 2. The standard InChI is InChI=1S/C13H17N3O3/c1-3-11(17)15-6-7-16(8-15)13(19)10-5-4-9(2)14-12(10)18/h4-5H,3,6-8H2,1-2H3,(H,14,18). The topological polar surface area (TPSA) is 73.5 Å². The van der Waals surface area contributed by atoms with Gasteiger partial charge in [-0.2, -0.15) is 0 Å². The predicted octanol–water partition coefficient (Wildman–Crippen LogP) is 0.335. The van der Waals surface area contributed by atoms with E-state index in [1.807, 2.05) is 0 Å². The normalized spacial score (nSPS) is 14.8. The van der Waals surface area contributed by atoms with Crippen LogP contribution in [-0.2, 0) is 4.79 Å². The average molecular weight is 263 g/mol. The number of aryl methyl sites for hydroxylation is 1. The van der Waals surface area contributed by atoms with Crippen molar-refractivity contribution in [1.82, 2.24) is 14.8 Å². The number of nitrogens with one attached hydrogen (secondary N) is 1. The van der Waals surface area contributed by atoms with E-state index in [-0.39, 0.29) is 29.6 Å². The summed E-state index contributed by atoms with van der Waals surface area (Å²) in [4.78, 5) is 41.2. The molecule has 0 aliphatic carbocycles. The van der Waals surface area contributed by atoms with E-state index in [0.717, 1.165) is 0 Å². The highest BCUT2D eigenvalue weighted by Gasteiger charge is 2.28. The molecule has 2 rings (SSSR count). The number of aromatic nitrogens is 1. The Labute approximate surface area is 111 Å². The highest BCUT2D eigenvalue weighted by Crippen LogP contribution is 2.10. The molecule has 1 aliphatic heterocycles. The van der Waals surface area contributed by atoms with Crippen LogP contribution in [0.2, 0.25) is 0 Å². The Hall–Kier alpha value is -2.11. The van der Waals surface area contributed by atoms with Crippen molar-refractivity contribution in [3.8, 4) is 0 Å². The van der Waals surface area contributed by atoms with Crippen molar-refractivity contribution < 1.29 is 9.59 Å². The fourth-order valence-corrected chi connectivity index (χ4v) is 2.09. The smallest absolute Gasteiger partial charge is 0.260 e. The molecule has 1 fully saturated rings. The first-order chi connectivity index (χ1) is 9.02.